The Labute approximate surface area is 118 Å². The standard InChI is InChI=1S/C14H19ClN4/c1-10(2)5-16-6-12-7-17-11(3)4-14(12)19-9-13(15)8-18-19/h4,7-10,16H,5-6H2,1-3H3. The summed E-state index contributed by atoms with van der Waals surface area (Å²) >= 11 is 5.93. The second-order valence-electron chi connectivity index (χ2n) is 5.08. The first-order valence-electron chi connectivity index (χ1n) is 6.43. The zero-order chi connectivity index (χ0) is 13.8. The van der Waals surface area contributed by atoms with E-state index in [0.717, 1.165) is 30.0 Å². The molecule has 0 aliphatic carbocycles. The Morgan fingerprint density at radius 3 is 2.79 bits per heavy atom. The van der Waals surface area contributed by atoms with Crippen molar-refractivity contribution in [1.82, 2.24) is 20.1 Å². The average molecular weight is 279 g/mol. The van der Waals surface area contributed by atoms with E-state index < -0.39 is 0 Å². The summed E-state index contributed by atoms with van der Waals surface area (Å²) in [5.74, 6) is 0.626. The van der Waals surface area contributed by atoms with Gasteiger partial charge in [0.15, 0.2) is 0 Å². The number of hydrogen-bond donors (Lipinski definition) is 1. The van der Waals surface area contributed by atoms with E-state index >= 15 is 0 Å². The van der Waals surface area contributed by atoms with Crippen molar-refractivity contribution in [2.24, 2.45) is 5.92 Å². The number of aromatic nitrogens is 3. The fourth-order valence-corrected chi connectivity index (χ4v) is 1.99. The molecular formula is C14H19ClN4. The molecule has 2 rings (SSSR count). The number of nitrogens with one attached hydrogen (secondary N) is 1. The molecule has 0 aromatic carbocycles. The third-order valence-corrected chi connectivity index (χ3v) is 2.96. The zero-order valence-corrected chi connectivity index (χ0v) is 12.3. The molecule has 0 aliphatic heterocycles. The first-order valence-corrected chi connectivity index (χ1v) is 6.81. The highest BCUT2D eigenvalue weighted by Gasteiger charge is 2.07. The van der Waals surface area contributed by atoms with Crippen LogP contribution in [0.1, 0.15) is 25.1 Å². The monoisotopic (exact) mass is 278 g/mol. The minimum Gasteiger partial charge on any atom is -0.312 e. The van der Waals surface area contributed by atoms with Crippen molar-refractivity contribution in [2.45, 2.75) is 27.3 Å². The van der Waals surface area contributed by atoms with Crippen molar-refractivity contribution in [3.63, 3.8) is 0 Å². The highest BCUT2D eigenvalue weighted by Crippen LogP contribution is 2.17. The highest BCUT2D eigenvalue weighted by molar-refractivity contribution is 6.30. The maximum atomic E-state index is 5.93. The molecule has 0 saturated carbocycles. The highest BCUT2D eigenvalue weighted by atomic mass is 35.5. The third-order valence-electron chi connectivity index (χ3n) is 2.76. The Bertz CT molecular complexity index is 548. The molecule has 2 aromatic heterocycles. The number of rotatable bonds is 5. The van der Waals surface area contributed by atoms with Crippen molar-refractivity contribution in [2.75, 3.05) is 6.54 Å². The predicted octanol–water partition coefficient (Wildman–Crippen LogP) is 2.97. The first kappa shape index (κ1) is 14.0. The number of halogens is 1. The van der Waals surface area contributed by atoms with Crippen LogP contribution in [0.4, 0.5) is 0 Å². The van der Waals surface area contributed by atoms with Gasteiger partial charge >= 0.3 is 0 Å². The summed E-state index contributed by atoms with van der Waals surface area (Å²) < 4.78 is 1.80. The summed E-state index contributed by atoms with van der Waals surface area (Å²) in [4.78, 5) is 4.36. The molecule has 0 fully saturated rings. The van der Waals surface area contributed by atoms with Crippen molar-refractivity contribution in [3.8, 4) is 5.69 Å². The Morgan fingerprint density at radius 2 is 2.16 bits per heavy atom. The maximum absolute atomic E-state index is 5.93. The Hall–Kier alpha value is -1.39. The summed E-state index contributed by atoms with van der Waals surface area (Å²) in [7, 11) is 0. The van der Waals surface area contributed by atoms with Crippen molar-refractivity contribution in [3.05, 3.63) is 40.9 Å². The van der Waals surface area contributed by atoms with Gasteiger partial charge in [0.2, 0.25) is 0 Å². The van der Waals surface area contributed by atoms with Gasteiger partial charge in [-0.05, 0) is 25.5 Å². The zero-order valence-electron chi connectivity index (χ0n) is 11.5. The second kappa shape index (κ2) is 6.17. The van der Waals surface area contributed by atoms with Gasteiger partial charge in [0.05, 0.1) is 16.9 Å². The van der Waals surface area contributed by atoms with E-state index in [9.17, 15) is 0 Å². The van der Waals surface area contributed by atoms with Gasteiger partial charge in [-0.2, -0.15) is 5.10 Å². The lowest BCUT2D eigenvalue weighted by molar-refractivity contribution is 0.550. The molecule has 102 valence electrons. The van der Waals surface area contributed by atoms with E-state index in [1.54, 1.807) is 10.9 Å². The molecule has 19 heavy (non-hydrogen) atoms. The van der Waals surface area contributed by atoms with Gasteiger partial charge in [-0.15, -0.1) is 0 Å². The van der Waals surface area contributed by atoms with Gasteiger partial charge in [-0.1, -0.05) is 25.4 Å². The van der Waals surface area contributed by atoms with Crippen molar-refractivity contribution >= 4 is 11.6 Å². The Morgan fingerprint density at radius 1 is 1.37 bits per heavy atom. The van der Waals surface area contributed by atoms with Crippen LogP contribution in [-0.4, -0.2) is 21.3 Å². The van der Waals surface area contributed by atoms with E-state index in [2.05, 4.69) is 29.2 Å². The minimum atomic E-state index is 0.626. The van der Waals surface area contributed by atoms with Crippen molar-refractivity contribution < 1.29 is 0 Å². The number of pyridine rings is 1. The summed E-state index contributed by atoms with van der Waals surface area (Å²) in [6.07, 6.45) is 5.35. The fourth-order valence-electron chi connectivity index (χ4n) is 1.85. The maximum Gasteiger partial charge on any atom is 0.0790 e. The summed E-state index contributed by atoms with van der Waals surface area (Å²) in [5, 5.41) is 8.32. The van der Waals surface area contributed by atoms with E-state index in [1.165, 1.54) is 0 Å². The summed E-state index contributed by atoms with van der Waals surface area (Å²) in [5.41, 5.74) is 3.11. The van der Waals surface area contributed by atoms with Crippen LogP contribution in [0.2, 0.25) is 5.02 Å². The van der Waals surface area contributed by atoms with Gasteiger partial charge in [0.25, 0.3) is 0 Å². The molecule has 0 amide bonds. The molecule has 2 aromatic rings. The molecule has 0 atom stereocenters. The van der Waals surface area contributed by atoms with Crippen LogP contribution in [-0.2, 0) is 6.54 Å². The van der Waals surface area contributed by atoms with E-state index in [4.69, 9.17) is 11.6 Å². The van der Waals surface area contributed by atoms with Crippen LogP contribution in [0, 0.1) is 12.8 Å². The van der Waals surface area contributed by atoms with Gasteiger partial charge < -0.3 is 5.32 Å². The molecule has 0 spiro atoms. The van der Waals surface area contributed by atoms with E-state index in [-0.39, 0.29) is 0 Å². The predicted molar refractivity (Wildman–Crippen MR) is 77.7 cm³/mol. The smallest absolute Gasteiger partial charge is 0.0790 e. The average Bonchev–Trinajstić information content (AvgIpc) is 2.77. The molecule has 0 unspecified atom stereocenters. The molecule has 2 heterocycles. The van der Waals surface area contributed by atoms with Crippen LogP contribution < -0.4 is 5.32 Å². The normalized spacial score (nSPS) is 11.2. The lowest BCUT2D eigenvalue weighted by atomic mass is 10.2. The molecule has 4 nitrogen and oxygen atoms in total. The van der Waals surface area contributed by atoms with Gasteiger partial charge in [-0.25, -0.2) is 4.68 Å². The molecule has 0 bridgehead atoms. The van der Waals surface area contributed by atoms with Crippen LogP contribution in [0.25, 0.3) is 5.69 Å². The van der Waals surface area contributed by atoms with Gasteiger partial charge in [0.1, 0.15) is 0 Å². The summed E-state index contributed by atoms with van der Waals surface area (Å²) in [6.45, 7) is 8.11. The fraction of sp³-hybridized carbons (Fsp3) is 0.429. The van der Waals surface area contributed by atoms with Crippen LogP contribution in [0.3, 0.4) is 0 Å². The quantitative estimate of drug-likeness (QED) is 0.914. The Balaban J connectivity index is 2.23. The summed E-state index contributed by atoms with van der Waals surface area (Å²) in [6, 6.07) is 2.02. The van der Waals surface area contributed by atoms with Gasteiger partial charge in [0, 0.05) is 30.2 Å². The van der Waals surface area contributed by atoms with Crippen molar-refractivity contribution in [1.29, 1.82) is 0 Å². The second-order valence-corrected chi connectivity index (χ2v) is 5.52. The molecule has 5 heteroatoms. The third kappa shape index (κ3) is 3.78. The largest absolute Gasteiger partial charge is 0.312 e. The minimum absolute atomic E-state index is 0.626. The number of nitrogens with zero attached hydrogens (tertiary/aromatic N) is 3. The SMILES string of the molecule is Cc1cc(-n2cc(Cl)cn2)c(CNCC(C)C)cn1. The van der Waals surface area contributed by atoms with E-state index in [0.29, 0.717) is 10.9 Å². The molecule has 0 saturated heterocycles. The Kier molecular flexibility index (Phi) is 4.56. The van der Waals surface area contributed by atoms with Crippen LogP contribution in [0.5, 0.6) is 0 Å². The topological polar surface area (TPSA) is 42.7 Å². The molecule has 0 aliphatic rings. The lowest BCUT2D eigenvalue weighted by Crippen LogP contribution is -2.20. The number of hydrogen-bond acceptors (Lipinski definition) is 3. The molecule has 0 radical (unpaired) electrons. The molecular weight excluding hydrogens is 260 g/mol. The van der Waals surface area contributed by atoms with E-state index in [1.807, 2.05) is 25.4 Å². The van der Waals surface area contributed by atoms with Crippen LogP contribution >= 0.6 is 11.6 Å². The molecule has 1 N–H and O–H groups in total. The first-order chi connectivity index (χ1) is 9.06. The van der Waals surface area contributed by atoms with Crippen LogP contribution in [0.15, 0.2) is 24.7 Å². The van der Waals surface area contributed by atoms with Gasteiger partial charge in [-0.3, -0.25) is 4.98 Å². The number of aryl methyl sites for hydroxylation is 1. The lowest BCUT2D eigenvalue weighted by Gasteiger charge is -2.12.